The first-order chi connectivity index (χ1) is 11.3. The van der Waals surface area contributed by atoms with Gasteiger partial charge in [0.25, 0.3) is 0 Å². The zero-order chi connectivity index (χ0) is 17.9. The van der Waals surface area contributed by atoms with Crippen LogP contribution in [0.3, 0.4) is 0 Å². The Morgan fingerprint density at radius 1 is 0.958 bits per heavy atom. The molecule has 0 saturated carbocycles. The number of hydrogen-bond acceptors (Lipinski definition) is 2. The van der Waals surface area contributed by atoms with Crippen LogP contribution in [0.1, 0.15) is 11.1 Å². The van der Waals surface area contributed by atoms with E-state index < -0.39 is 11.4 Å². The number of nitriles is 1. The third kappa shape index (κ3) is 4.15. The van der Waals surface area contributed by atoms with Gasteiger partial charge >= 0.3 is 5.97 Å². The van der Waals surface area contributed by atoms with Crippen molar-refractivity contribution in [2.45, 2.75) is 12.8 Å². The fourth-order valence-electron chi connectivity index (χ4n) is 2.32. The largest absolute Gasteiger partial charge is 0.480 e. The number of carbonyl (C=O) groups is 1. The number of rotatable bonds is 5. The molecule has 0 aromatic heterocycles. The van der Waals surface area contributed by atoms with Crippen molar-refractivity contribution in [2.75, 3.05) is 0 Å². The van der Waals surface area contributed by atoms with E-state index in [1.54, 1.807) is 24.3 Å². The second kappa shape index (κ2) is 7.63. The van der Waals surface area contributed by atoms with Gasteiger partial charge in [0.05, 0.1) is 6.07 Å². The fourth-order valence-corrected chi connectivity index (χ4v) is 3.27. The molecular formula is C17H11Cl4NO2. The molecule has 0 amide bonds. The van der Waals surface area contributed by atoms with Crippen LogP contribution in [-0.4, -0.2) is 11.1 Å². The highest BCUT2D eigenvalue weighted by Gasteiger charge is 2.40. The number of carboxylic acids is 1. The summed E-state index contributed by atoms with van der Waals surface area (Å²) in [6, 6.07) is 11.4. The number of carboxylic acid groups (broad SMARTS) is 1. The monoisotopic (exact) mass is 401 g/mol. The third-order valence-electron chi connectivity index (χ3n) is 3.64. The molecule has 2 aromatic carbocycles. The molecule has 0 aliphatic heterocycles. The summed E-state index contributed by atoms with van der Waals surface area (Å²) in [6.07, 6.45) is -0.151. The van der Waals surface area contributed by atoms with Crippen molar-refractivity contribution in [3.63, 3.8) is 0 Å². The highest BCUT2D eigenvalue weighted by atomic mass is 35.5. The van der Waals surface area contributed by atoms with Crippen LogP contribution in [0.15, 0.2) is 36.4 Å². The van der Waals surface area contributed by atoms with Crippen LogP contribution in [0.25, 0.3) is 0 Å². The molecule has 0 aliphatic carbocycles. The molecule has 0 bridgehead atoms. The van der Waals surface area contributed by atoms with Crippen LogP contribution >= 0.6 is 46.4 Å². The maximum atomic E-state index is 11.9. The van der Waals surface area contributed by atoms with Crippen molar-refractivity contribution >= 4 is 52.4 Å². The molecule has 0 radical (unpaired) electrons. The van der Waals surface area contributed by atoms with E-state index in [2.05, 4.69) is 0 Å². The van der Waals surface area contributed by atoms with Crippen molar-refractivity contribution < 1.29 is 9.90 Å². The Morgan fingerprint density at radius 3 is 1.67 bits per heavy atom. The van der Waals surface area contributed by atoms with Crippen LogP contribution < -0.4 is 0 Å². The maximum Gasteiger partial charge on any atom is 0.324 e. The zero-order valence-electron chi connectivity index (χ0n) is 12.2. The van der Waals surface area contributed by atoms with E-state index in [9.17, 15) is 15.2 Å². The lowest BCUT2D eigenvalue weighted by Crippen LogP contribution is -2.34. The van der Waals surface area contributed by atoms with E-state index in [0.29, 0.717) is 31.2 Å². The summed E-state index contributed by atoms with van der Waals surface area (Å²) in [4.78, 5) is 11.9. The summed E-state index contributed by atoms with van der Waals surface area (Å²) < 4.78 is 0. The average Bonchev–Trinajstić information content (AvgIpc) is 2.51. The Kier molecular flexibility index (Phi) is 6.01. The van der Waals surface area contributed by atoms with E-state index >= 15 is 0 Å². The number of nitrogens with zero attached hydrogens (tertiary/aromatic N) is 1. The molecule has 2 aromatic rings. The summed E-state index contributed by atoms with van der Waals surface area (Å²) in [6.45, 7) is 0. The molecule has 1 N–H and O–H groups in total. The molecule has 24 heavy (non-hydrogen) atoms. The number of aliphatic carboxylic acids is 1. The summed E-state index contributed by atoms with van der Waals surface area (Å²) in [5, 5.41) is 20.8. The smallest absolute Gasteiger partial charge is 0.324 e. The van der Waals surface area contributed by atoms with E-state index in [0.717, 1.165) is 0 Å². The van der Waals surface area contributed by atoms with Gasteiger partial charge in [-0.1, -0.05) is 58.5 Å². The molecule has 124 valence electrons. The Hall–Kier alpha value is -1.44. The van der Waals surface area contributed by atoms with Crippen LogP contribution in [0, 0.1) is 16.7 Å². The van der Waals surface area contributed by atoms with Crippen molar-refractivity contribution in [1.29, 1.82) is 5.26 Å². The third-order valence-corrected chi connectivity index (χ3v) is 4.81. The van der Waals surface area contributed by atoms with E-state index in [1.807, 2.05) is 6.07 Å². The van der Waals surface area contributed by atoms with Gasteiger partial charge in [-0.15, -0.1) is 0 Å². The number of benzene rings is 2. The molecule has 0 saturated heterocycles. The van der Waals surface area contributed by atoms with Gasteiger partial charge in [-0.25, -0.2) is 0 Å². The lowest BCUT2D eigenvalue weighted by molar-refractivity contribution is -0.145. The predicted octanol–water partition coefficient (Wildman–Crippen LogP) is 5.68. The Balaban J connectivity index is 2.43. The summed E-state index contributed by atoms with van der Waals surface area (Å²) in [5.41, 5.74) is -0.667. The highest BCUT2D eigenvalue weighted by Crippen LogP contribution is 2.34. The quantitative estimate of drug-likeness (QED) is 0.699. The Bertz CT molecular complexity index is 776. The van der Waals surface area contributed by atoms with E-state index in [-0.39, 0.29) is 12.8 Å². The van der Waals surface area contributed by atoms with Gasteiger partial charge in [0, 0.05) is 32.9 Å². The first kappa shape index (κ1) is 18.9. The molecule has 0 fully saturated rings. The molecule has 0 aliphatic rings. The fraction of sp³-hybridized carbons (Fsp3) is 0.176. The van der Waals surface area contributed by atoms with Gasteiger partial charge in [-0.2, -0.15) is 5.26 Å². The molecular weight excluding hydrogens is 392 g/mol. The topological polar surface area (TPSA) is 61.1 Å². The minimum atomic E-state index is -1.71. The van der Waals surface area contributed by atoms with Gasteiger partial charge < -0.3 is 5.11 Å². The van der Waals surface area contributed by atoms with E-state index in [1.165, 1.54) is 12.1 Å². The number of hydrogen-bond donors (Lipinski definition) is 1. The van der Waals surface area contributed by atoms with Crippen LogP contribution in [0.5, 0.6) is 0 Å². The number of halogens is 4. The van der Waals surface area contributed by atoms with Crippen LogP contribution in [-0.2, 0) is 17.6 Å². The van der Waals surface area contributed by atoms with E-state index in [4.69, 9.17) is 46.4 Å². The highest BCUT2D eigenvalue weighted by molar-refractivity contribution is 6.35. The Labute approximate surface area is 159 Å². The summed E-state index contributed by atoms with van der Waals surface area (Å²) in [5.74, 6) is -1.25. The van der Waals surface area contributed by atoms with Crippen molar-refractivity contribution in [2.24, 2.45) is 5.41 Å². The predicted molar refractivity (Wildman–Crippen MR) is 96.0 cm³/mol. The van der Waals surface area contributed by atoms with Gasteiger partial charge in [0.2, 0.25) is 0 Å². The lowest BCUT2D eigenvalue weighted by atomic mass is 9.78. The van der Waals surface area contributed by atoms with Gasteiger partial charge in [0.15, 0.2) is 5.41 Å². The van der Waals surface area contributed by atoms with Gasteiger partial charge in [0.1, 0.15) is 0 Å². The normalized spacial score (nSPS) is 11.1. The van der Waals surface area contributed by atoms with Crippen LogP contribution in [0.2, 0.25) is 20.1 Å². The van der Waals surface area contributed by atoms with Gasteiger partial charge in [-0.05, 0) is 35.4 Å². The lowest BCUT2D eigenvalue weighted by Gasteiger charge is -2.23. The molecule has 0 atom stereocenters. The van der Waals surface area contributed by atoms with Gasteiger partial charge in [-0.3, -0.25) is 4.79 Å². The minimum absolute atomic E-state index is 0.0756. The van der Waals surface area contributed by atoms with Crippen molar-refractivity contribution in [3.8, 4) is 6.07 Å². The Morgan fingerprint density at radius 2 is 1.38 bits per heavy atom. The average molecular weight is 403 g/mol. The molecule has 0 unspecified atom stereocenters. The summed E-state index contributed by atoms with van der Waals surface area (Å²) >= 11 is 24.0. The minimum Gasteiger partial charge on any atom is -0.480 e. The molecule has 3 nitrogen and oxygen atoms in total. The van der Waals surface area contributed by atoms with Crippen molar-refractivity contribution in [3.05, 3.63) is 67.6 Å². The standard InChI is InChI=1S/C17H11Cl4NO2/c18-12-3-1-10(14(20)5-12)7-17(9-22,16(23)24)8-11-2-4-13(19)6-15(11)21/h1-6H,7-8H2,(H,23,24). The second-order valence-corrected chi connectivity index (χ2v) is 7.01. The molecule has 2 rings (SSSR count). The molecule has 0 spiro atoms. The van der Waals surface area contributed by atoms with Crippen molar-refractivity contribution in [1.82, 2.24) is 0 Å². The first-order valence-corrected chi connectivity index (χ1v) is 8.31. The SMILES string of the molecule is N#CC(Cc1ccc(Cl)cc1Cl)(Cc1ccc(Cl)cc1Cl)C(=O)O. The first-order valence-electron chi connectivity index (χ1n) is 6.80. The van der Waals surface area contributed by atoms with Crippen LogP contribution in [0.4, 0.5) is 0 Å². The molecule has 0 heterocycles. The summed E-state index contributed by atoms with van der Waals surface area (Å²) in [7, 11) is 0. The maximum absolute atomic E-state index is 11.9. The molecule has 7 heteroatoms. The zero-order valence-corrected chi connectivity index (χ0v) is 15.2. The second-order valence-electron chi connectivity index (χ2n) is 5.32.